The number of benzene rings is 2. The van der Waals surface area contributed by atoms with Crippen molar-refractivity contribution in [3.05, 3.63) is 64.7 Å². The van der Waals surface area contributed by atoms with Gasteiger partial charge in [-0.2, -0.15) is 13.2 Å². The Balaban J connectivity index is 1.58. The molecule has 3 rings (SSSR count). The zero-order chi connectivity index (χ0) is 19.6. The Morgan fingerprint density at radius 2 is 1.74 bits per heavy atom. The van der Waals surface area contributed by atoms with E-state index in [2.05, 4.69) is 5.32 Å². The zero-order valence-electron chi connectivity index (χ0n) is 14.1. The highest BCUT2D eigenvalue weighted by molar-refractivity contribution is 6.30. The first kappa shape index (κ1) is 19.2. The van der Waals surface area contributed by atoms with Crippen LogP contribution in [0.1, 0.15) is 17.5 Å². The van der Waals surface area contributed by atoms with Crippen LogP contribution < -0.4 is 10.2 Å². The quantitative estimate of drug-likeness (QED) is 0.793. The third-order valence-corrected chi connectivity index (χ3v) is 4.66. The molecule has 1 fully saturated rings. The number of nitrogens with zero attached hydrogens (tertiary/aromatic N) is 1. The molecule has 1 heterocycles. The molecule has 142 valence electrons. The molecule has 0 saturated carbocycles. The van der Waals surface area contributed by atoms with Gasteiger partial charge in [0.1, 0.15) is 5.92 Å². The Morgan fingerprint density at radius 1 is 1.11 bits per heavy atom. The fourth-order valence-corrected chi connectivity index (χ4v) is 3.05. The summed E-state index contributed by atoms with van der Waals surface area (Å²) in [6, 6.07) is 11.3. The van der Waals surface area contributed by atoms with E-state index in [-0.39, 0.29) is 12.5 Å². The Labute approximate surface area is 158 Å². The highest BCUT2D eigenvalue weighted by Gasteiger charge is 2.37. The second-order valence-electron chi connectivity index (χ2n) is 6.22. The molecule has 0 bridgehead atoms. The molecule has 0 aliphatic carbocycles. The molecule has 1 unspecified atom stereocenters. The van der Waals surface area contributed by atoms with Crippen molar-refractivity contribution >= 4 is 29.1 Å². The van der Waals surface area contributed by atoms with Crippen LogP contribution >= 0.6 is 11.6 Å². The van der Waals surface area contributed by atoms with Crippen molar-refractivity contribution in [3.63, 3.8) is 0 Å². The predicted octanol–water partition coefficient (Wildman–Crippen LogP) is 4.03. The summed E-state index contributed by atoms with van der Waals surface area (Å²) in [6.45, 7) is 0.473. The van der Waals surface area contributed by atoms with Crippen LogP contribution in [0.15, 0.2) is 48.5 Å². The van der Waals surface area contributed by atoms with E-state index >= 15 is 0 Å². The molecule has 0 radical (unpaired) electrons. The third-order valence-electron chi connectivity index (χ3n) is 4.41. The van der Waals surface area contributed by atoms with Gasteiger partial charge in [0.2, 0.25) is 11.8 Å². The van der Waals surface area contributed by atoms with Crippen molar-refractivity contribution in [3.8, 4) is 0 Å². The average molecular weight is 397 g/mol. The van der Waals surface area contributed by atoms with Gasteiger partial charge in [-0.1, -0.05) is 23.7 Å². The number of hydrogen-bond donors (Lipinski definition) is 1. The van der Waals surface area contributed by atoms with E-state index in [1.54, 1.807) is 24.3 Å². The number of halogens is 4. The fourth-order valence-electron chi connectivity index (χ4n) is 2.92. The highest BCUT2D eigenvalue weighted by atomic mass is 35.5. The summed E-state index contributed by atoms with van der Waals surface area (Å²) in [5.74, 6) is -1.55. The Hall–Kier alpha value is -2.54. The molecular formula is C19H16ClF3N2O2. The van der Waals surface area contributed by atoms with Gasteiger partial charge in [-0.3, -0.25) is 9.59 Å². The van der Waals surface area contributed by atoms with E-state index in [0.717, 1.165) is 12.1 Å². The minimum atomic E-state index is -4.40. The van der Waals surface area contributed by atoms with Gasteiger partial charge in [-0.15, -0.1) is 0 Å². The lowest BCUT2D eigenvalue weighted by molar-refractivity contribution is -0.137. The predicted molar refractivity (Wildman–Crippen MR) is 95.2 cm³/mol. The molecule has 8 heteroatoms. The topological polar surface area (TPSA) is 49.4 Å². The molecule has 0 spiro atoms. The number of hydrogen-bond acceptors (Lipinski definition) is 2. The van der Waals surface area contributed by atoms with Gasteiger partial charge in [-0.25, -0.2) is 0 Å². The van der Waals surface area contributed by atoms with E-state index in [4.69, 9.17) is 11.6 Å². The number of rotatable bonds is 4. The standard InChI is InChI=1S/C19H16ClF3N2O2/c20-14-5-7-15(8-6-14)25-10-9-16(18(25)27)17(26)24-11-12-1-3-13(4-2-12)19(21,22)23/h1-8,16H,9-11H2,(H,24,26). The van der Waals surface area contributed by atoms with E-state index in [1.165, 1.54) is 17.0 Å². The normalized spacial score (nSPS) is 17.3. The van der Waals surface area contributed by atoms with Gasteiger partial charge in [0.25, 0.3) is 0 Å². The summed E-state index contributed by atoms with van der Waals surface area (Å²) in [4.78, 5) is 26.4. The second-order valence-corrected chi connectivity index (χ2v) is 6.66. The molecule has 1 aliphatic rings. The molecular weight excluding hydrogens is 381 g/mol. The van der Waals surface area contributed by atoms with Crippen LogP contribution in [0.4, 0.5) is 18.9 Å². The van der Waals surface area contributed by atoms with Crippen LogP contribution in [0.5, 0.6) is 0 Å². The summed E-state index contributed by atoms with van der Waals surface area (Å²) in [6.07, 6.45) is -4.02. The molecule has 27 heavy (non-hydrogen) atoms. The van der Waals surface area contributed by atoms with Gasteiger partial charge in [0.05, 0.1) is 5.56 Å². The van der Waals surface area contributed by atoms with E-state index in [1.807, 2.05) is 0 Å². The summed E-state index contributed by atoms with van der Waals surface area (Å²) < 4.78 is 37.7. The first-order valence-electron chi connectivity index (χ1n) is 8.26. The van der Waals surface area contributed by atoms with Crippen molar-refractivity contribution in [1.29, 1.82) is 0 Å². The average Bonchev–Trinajstić information content (AvgIpc) is 3.01. The lowest BCUT2D eigenvalue weighted by atomic mass is 10.1. The van der Waals surface area contributed by atoms with Crippen LogP contribution in [0.2, 0.25) is 5.02 Å². The number of amides is 2. The lowest BCUT2D eigenvalue weighted by Gasteiger charge is -2.17. The van der Waals surface area contributed by atoms with Crippen LogP contribution in [-0.2, 0) is 22.3 Å². The van der Waals surface area contributed by atoms with Crippen LogP contribution in [0.3, 0.4) is 0 Å². The maximum absolute atomic E-state index is 12.6. The highest BCUT2D eigenvalue weighted by Crippen LogP contribution is 2.29. The third kappa shape index (κ3) is 4.42. The smallest absolute Gasteiger partial charge is 0.351 e. The number of carbonyl (C=O) groups excluding carboxylic acids is 2. The number of carbonyl (C=O) groups is 2. The first-order valence-corrected chi connectivity index (χ1v) is 8.64. The summed E-state index contributed by atoms with van der Waals surface area (Å²) in [7, 11) is 0. The molecule has 0 aromatic heterocycles. The fraction of sp³-hybridized carbons (Fsp3) is 0.263. The molecule has 1 N–H and O–H groups in total. The van der Waals surface area contributed by atoms with Gasteiger partial charge >= 0.3 is 6.18 Å². The number of alkyl halides is 3. The van der Waals surface area contributed by atoms with Gasteiger partial charge in [0, 0.05) is 23.8 Å². The number of anilines is 1. The first-order chi connectivity index (χ1) is 12.8. The minimum Gasteiger partial charge on any atom is -0.351 e. The molecule has 4 nitrogen and oxygen atoms in total. The van der Waals surface area contributed by atoms with Crippen LogP contribution in [-0.4, -0.2) is 18.4 Å². The van der Waals surface area contributed by atoms with E-state index in [0.29, 0.717) is 29.2 Å². The Kier molecular flexibility index (Phi) is 5.41. The molecule has 1 atom stereocenters. The second kappa shape index (κ2) is 7.60. The van der Waals surface area contributed by atoms with E-state index < -0.39 is 23.6 Å². The van der Waals surface area contributed by atoms with E-state index in [9.17, 15) is 22.8 Å². The molecule has 2 aromatic carbocycles. The van der Waals surface area contributed by atoms with Crippen molar-refractivity contribution in [2.24, 2.45) is 5.92 Å². The SMILES string of the molecule is O=C(NCc1ccc(C(F)(F)F)cc1)C1CCN(c2ccc(Cl)cc2)C1=O. The van der Waals surface area contributed by atoms with Gasteiger partial charge < -0.3 is 10.2 Å². The van der Waals surface area contributed by atoms with Crippen LogP contribution in [0.25, 0.3) is 0 Å². The summed E-state index contributed by atoms with van der Waals surface area (Å²) in [5, 5.41) is 3.17. The maximum Gasteiger partial charge on any atom is 0.416 e. The number of nitrogens with one attached hydrogen (secondary N) is 1. The monoisotopic (exact) mass is 396 g/mol. The van der Waals surface area contributed by atoms with Crippen molar-refractivity contribution in [1.82, 2.24) is 5.32 Å². The minimum absolute atomic E-state index is 0.0572. The summed E-state index contributed by atoms with van der Waals surface area (Å²) >= 11 is 5.84. The lowest BCUT2D eigenvalue weighted by Crippen LogP contribution is -2.36. The van der Waals surface area contributed by atoms with Crippen molar-refractivity contribution in [2.75, 3.05) is 11.4 Å². The molecule has 2 amide bonds. The maximum atomic E-state index is 12.6. The Morgan fingerprint density at radius 3 is 2.33 bits per heavy atom. The largest absolute Gasteiger partial charge is 0.416 e. The van der Waals surface area contributed by atoms with Crippen LogP contribution in [0, 0.1) is 5.92 Å². The molecule has 1 saturated heterocycles. The van der Waals surface area contributed by atoms with Gasteiger partial charge in [-0.05, 0) is 48.4 Å². The zero-order valence-corrected chi connectivity index (χ0v) is 14.8. The van der Waals surface area contributed by atoms with Crippen molar-refractivity contribution < 1.29 is 22.8 Å². The Bertz CT molecular complexity index is 836. The van der Waals surface area contributed by atoms with Gasteiger partial charge in [0.15, 0.2) is 0 Å². The molecule has 2 aromatic rings. The van der Waals surface area contributed by atoms with Crippen molar-refractivity contribution in [2.45, 2.75) is 19.1 Å². The summed E-state index contributed by atoms with van der Waals surface area (Å²) in [5.41, 5.74) is 0.445. The molecule has 1 aliphatic heterocycles.